The number of rotatable bonds is 0. The lowest BCUT2D eigenvalue weighted by Gasteiger charge is -2.08. The molecule has 0 aliphatic carbocycles. The van der Waals surface area contributed by atoms with Gasteiger partial charge >= 0.3 is 0 Å². The quantitative estimate of drug-likeness (QED) is 0.675. The van der Waals surface area contributed by atoms with E-state index in [-0.39, 0.29) is 0 Å². The summed E-state index contributed by atoms with van der Waals surface area (Å²) in [5, 5.41) is 1.27. The van der Waals surface area contributed by atoms with Crippen molar-refractivity contribution in [1.82, 2.24) is 4.98 Å². The van der Waals surface area contributed by atoms with Crippen molar-refractivity contribution < 1.29 is 0 Å². The average Bonchev–Trinajstić information content (AvgIpc) is 2.14. The van der Waals surface area contributed by atoms with Crippen molar-refractivity contribution in [2.45, 2.75) is 20.8 Å². The molecular weight excluding hydrogens is 285 g/mol. The van der Waals surface area contributed by atoms with Crippen molar-refractivity contribution in [1.29, 1.82) is 0 Å². The second-order valence-electron chi connectivity index (χ2n) is 3.61. The highest BCUT2D eigenvalue weighted by molar-refractivity contribution is 14.1. The second kappa shape index (κ2) is 3.50. The molecule has 0 unspecified atom stereocenters. The van der Waals surface area contributed by atoms with Gasteiger partial charge in [-0.15, -0.1) is 0 Å². The van der Waals surface area contributed by atoms with Gasteiger partial charge in [-0.3, -0.25) is 4.98 Å². The third-order valence-corrected chi connectivity index (χ3v) is 3.43. The fourth-order valence-corrected chi connectivity index (χ4v) is 2.13. The van der Waals surface area contributed by atoms with Gasteiger partial charge in [0.2, 0.25) is 0 Å². The third kappa shape index (κ3) is 1.52. The molecule has 1 nitrogen and oxygen atoms in total. The number of hydrogen-bond donors (Lipinski definition) is 0. The summed E-state index contributed by atoms with van der Waals surface area (Å²) < 4.78 is 1.24. The van der Waals surface area contributed by atoms with Crippen LogP contribution in [0.3, 0.4) is 0 Å². The van der Waals surface area contributed by atoms with E-state index in [1.165, 1.54) is 20.1 Å². The van der Waals surface area contributed by atoms with Crippen LogP contribution in [-0.2, 0) is 0 Å². The summed E-state index contributed by atoms with van der Waals surface area (Å²) in [6.07, 6.45) is 0. The molecule has 0 bridgehead atoms. The lowest BCUT2D eigenvalue weighted by atomic mass is 10.0. The predicted octanol–water partition coefficient (Wildman–Crippen LogP) is 3.76. The highest BCUT2D eigenvalue weighted by Gasteiger charge is 2.05. The number of hydrogen-bond acceptors (Lipinski definition) is 1. The molecule has 2 aromatic rings. The third-order valence-electron chi connectivity index (χ3n) is 2.76. The van der Waals surface area contributed by atoms with Gasteiger partial charge in [-0.05, 0) is 66.6 Å². The van der Waals surface area contributed by atoms with E-state index in [0.717, 1.165) is 11.2 Å². The number of fused-ring (bicyclic) bond motifs is 1. The highest BCUT2D eigenvalue weighted by atomic mass is 127. The van der Waals surface area contributed by atoms with Crippen LogP contribution in [0.15, 0.2) is 18.2 Å². The summed E-state index contributed by atoms with van der Waals surface area (Å²) in [7, 11) is 0. The first-order valence-corrected chi connectivity index (χ1v) is 5.70. The molecule has 1 aromatic carbocycles. The number of nitrogens with zero attached hydrogens (tertiary/aromatic N) is 1. The van der Waals surface area contributed by atoms with E-state index in [9.17, 15) is 0 Å². The number of pyridine rings is 1. The Morgan fingerprint density at radius 1 is 1.07 bits per heavy atom. The molecular formula is C12H12IN. The number of aryl methyl sites for hydroxylation is 2. The van der Waals surface area contributed by atoms with Crippen molar-refractivity contribution in [2.24, 2.45) is 0 Å². The maximum absolute atomic E-state index is 4.59. The zero-order valence-electron chi connectivity index (χ0n) is 8.56. The normalized spacial score (nSPS) is 10.9. The van der Waals surface area contributed by atoms with Gasteiger partial charge in [0.1, 0.15) is 0 Å². The average molecular weight is 297 g/mol. The summed E-state index contributed by atoms with van der Waals surface area (Å²) in [4.78, 5) is 4.59. The first-order valence-electron chi connectivity index (χ1n) is 4.62. The Balaban J connectivity index is 2.91. The molecule has 2 heteroatoms. The van der Waals surface area contributed by atoms with Crippen molar-refractivity contribution in [3.05, 3.63) is 38.6 Å². The summed E-state index contributed by atoms with van der Waals surface area (Å²) in [5.74, 6) is 0. The molecule has 0 N–H and O–H groups in total. The van der Waals surface area contributed by atoms with Crippen LogP contribution in [-0.4, -0.2) is 4.98 Å². The van der Waals surface area contributed by atoms with Crippen LogP contribution < -0.4 is 0 Å². The van der Waals surface area contributed by atoms with E-state index in [1.807, 2.05) is 0 Å². The minimum atomic E-state index is 1.11. The zero-order valence-corrected chi connectivity index (χ0v) is 10.7. The fraction of sp³-hybridized carbons (Fsp3) is 0.250. The zero-order chi connectivity index (χ0) is 10.3. The first kappa shape index (κ1) is 9.90. The molecule has 0 spiro atoms. The van der Waals surface area contributed by atoms with Crippen LogP contribution in [0.2, 0.25) is 0 Å². The molecule has 72 valence electrons. The number of benzene rings is 1. The molecule has 0 radical (unpaired) electrons. The van der Waals surface area contributed by atoms with Crippen LogP contribution in [0.25, 0.3) is 10.9 Å². The van der Waals surface area contributed by atoms with E-state index in [2.05, 4.69) is 66.5 Å². The monoisotopic (exact) mass is 297 g/mol. The van der Waals surface area contributed by atoms with Gasteiger partial charge in [-0.2, -0.15) is 0 Å². The van der Waals surface area contributed by atoms with Crippen molar-refractivity contribution in [3.63, 3.8) is 0 Å². The molecule has 0 aliphatic heterocycles. The van der Waals surface area contributed by atoms with Crippen molar-refractivity contribution in [2.75, 3.05) is 0 Å². The fourth-order valence-electron chi connectivity index (χ4n) is 1.65. The van der Waals surface area contributed by atoms with Crippen molar-refractivity contribution in [3.8, 4) is 0 Å². The van der Waals surface area contributed by atoms with E-state index < -0.39 is 0 Å². The van der Waals surface area contributed by atoms with Crippen molar-refractivity contribution >= 4 is 33.5 Å². The van der Waals surface area contributed by atoms with Crippen LogP contribution in [0, 0.1) is 24.3 Å². The van der Waals surface area contributed by atoms with Crippen LogP contribution in [0.4, 0.5) is 0 Å². The minimum absolute atomic E-state index is 1.11. The summed E-state index contributed by atoms with van der Waals surface area (Å²) in [6, 6.07) is 6.42. The SMILES string of the molecule is Cc1nc2cc(I)ccc2c(C)c1C. The van der Waals surface area contributed by atoms with Gasteiger partial charge in [-0.1, -0.05) is 6.07 Å². The van der Waals surface area contributed by atoms with Gasteiger partial charge in [0, 0.05) is 14.7 Å². The Morgan fingerprint density at radius 2 is 1.79 bits per heavy atom. The van der Waals surface area contributed by atoms with Crippen LogP contribution >= 0.6 is 22.6 Å². The number of aromatic nitrogens is 1. The smallest absolute Gasteiger partial charge is 0.0718 e. The Labute approximate surface area is 97.7 Å². The molecule has 0 saturated heterocycles. The van der Waals surface area contributed by atoms with E-state index in [4.69, 9.17) is 0 Å². The van der Waals surface area contributed by atoms with Gasteiger partial charge in [-0.25, -0.2) is 0 Å². The topological polar surface area (TPSA) is 12.9 Å². The largest absolute Gasteiger partial charge is 0.253 e. The Kier molecular flexibility index (Phi) is 2.47. The van der Waals surface area contributed by atoms with Crippen LogP contribution in [0.1, 0.15) is 16.8 Å². The highest BCUT2D eigenvalue weighted by Crippen LogP contribution is 2.23. The number of halogens is 1. The lowest BCUT2D eigenvalue weighted by molar-refractivity contribution is 1.17. The summed E-state index contributed by atoms with van der Waals surface area (Å²) in [5.41, 5.74) is 4.90. The summed E-state index contributed by atoms with van der Waals surface area (Å²) in [6.45, 7) is 6.37. The molecule has 0 aliphatic rings. The molecule has 1 heterocycles. The van der Waals surface area contributed by atoms with Gasteiger partial charge in [0.05, 0.1) is 5.52 Å². The molecule has 0 atom stereocenters. The van der Waals surface area contributed by atoms with E-state index >= 15 is 0 Å². The van der Waals surface area contributed by atoms with E-state index in [0.29, 0.717) is 0 Å². The maximum Gasteiger partial charge on any atom is 0.0718 e. The van der Waals surface area contributed by atoms with E-state index in [1.54, 1.807) is 0 Å². The molecule has 2 rings (SSSR count). The van der Waals surface area contributed by atoms with Gasteiger partial charge < -0.3 is 0 Å². The maximum atomic E-state index is 4.59. The standard InChI is InChI=1S/C12H12IN/c1-7-8(2)11-5-4-10(13)6-12(11)14-9(7)3/h4-6H,1-3H3. The summed E-state index contributed by atoms with van der Waals surface area (Å²) >= 11 is 2.32. The Hall–Kier alpha value is -0.640. The van der Waals surface area contributed by atoms with Gasteiger partial charge in [0.15, 0.2) is 0 Å². The minimum Gasteiger partial charge on any atom is -0.253 e. The lowest BCUT2D eigenvalue weighted by Crippen LogP contribution is -1.93. The molecule has 0 saturated carbocycles. The molecule has 0 amide bonds. The molecule has 1 aromatic heterocycles. The Bertz CT molecular complexity index is 503. The molecule has 14 heavy (non-hydrogen) atoms. The first-order chi connectivity index (χ1) is 6.59. The second-order valence-corrected chi connectivity index (χ2v) is 4.85. The predicted molar refractivity (Wildman–Crippen MR) is 68.7 cm³/mol. The molecule has 0 fully saturated rings. The van der Waals surface area contributed by atoms with Crippen LogP contribution in [0.5, 0.6) is 0 Å². The Morgan fingerprint density at radius 3 is 2.50 bits per heavy atom. The van der Waals surface area contributed by atoms with Gasteiger partial charge in [0.25, 0.3) is 0 Å².